The van der Waals surface area contributed by atoms with Gasteiger partial charge in [-0.25, -0.2) is 9.97 Å². The first-order valence-corrected chi connectivity index (χ1v) is 7.74. The summed E-state index contributed by atoms with van der Waals surface area (Å²) in [5.74, 6) is 0. The molecule has 4 nitrogen and oxygen atoms in total. The average Bonchev–Trinajstić information content (AvgIpc) is 3.32. The Bertz CT molecular complexity index is 1080. The SMILES string of the molecule is C1=Cc2cc3ccc(cc4ccc(cc5nc(cc1n2)C=C5)[n-]4)[n-]3.[Fe+2]. The van der Waals surface area contributed by atoms with Crippen molar-refractivity contribution in [2.45, 2.75) is 0 Å². The van der Waals surface area contributed by atoms with Crippen molar-refractivity contribution in [1.29, 1.82) is 0 Å². The summed E-state index contributed by atoms with van der Waals surface area (Å²) in [7, 11) is 0. The molecule has 0 unspecified atom stereocenters. The van der Waals surface area contributed by atoms with E-state index in [1.807, 2.05) is 72.8 Å². The molecule has 0 spiro atoms. The number of hydrogen-bond acceptors (Lipinski definition) is 2. The van der Waals surface area contributed by atoms with E-state index >= 15 is 0 Å². The molecule has 120 valence electrons. The zero-order chi connectivity index (χ0) is 15.9. The zero-order valence-electron chi connectivity index (χ0n) is 13.1. The number of fused-ring (bicyclic) bond motifs is 8. The van der Waals surface area contributed by atoms with Crippen molar-refractivity contribution in [3.63, 3.8) is 0 Å². The van der Waals surface area contributed by atoms with Crippen LogP contribution in [0.1, 0.15) is 22.8 Å². The van der Waals surface area contributed by atoms with Gasteiger partial charge in [-0.2, -0.15) is 0 Å². The fraction of sp³-hybridized carbons (Fsp3) is 0. The van der Waals surface area contributed by atoms with Crippen LogP contribution in [0.15, 0.2) is 48.5 Å². The van der Waals surface area contributed by atoms with Gasteiger partial charge in [0, 0.05) is 0 Å². The van der Waals surface area contributed by atoms with Crippen molar-refractivity contribution in [3.05, 3.63) is 71.3 Å². The van der Waals surface area contributed by atoms with E-state index in [4.69, 9.17) is 0 Å². The molecule has 0 atom stereocenters. The fourth-order valence-electron chi connectivity index (χ4n) is 2.83. The molecule has 5 heterocycles. The number of rotatable bonds is 0. The molecule has 0 amide bonds. The van der Waals surface area contributed by atoms with Crippen molar-refractivity contribution in [3.8, 4) is 0 Å². The van der Waals surface area contributed by atoms with Crippen molar-refractivity contribution in [2.24, 2.45) is 0 Å². The summed E-state index contributed by atoms with van der Waals surface area (Å²) in [6.45, 7) is 0. The molecular weight excluding hydrogens is 352 g/mol. The molecule has 5 heteroatoms. The van der Waals surface area contributed by atoms with Gasteiger partial charge in [0.05, 0.1) is 22.8 Å². The van der Waals surface area contributed by atoms with E-state index in [1.165, 1.54) is 0 Å². The Morgan fingerprint density at radius 2 is 0.840 bits per heavy atom. The van der Waals surface area contributed by atoms with E-state index in [1.54, 1.807) is 0 Å². The molecule has 3 aromatic rings. The molecule has 8 bridgehead atoms. The summed E-state index contributed by atoms with van der Waals surface area (Å²) in [5, 5.41) is 0. The van der Waals surface area contributed by atoms with Crippen molar-refractivity contribution < 1.29 is 17.1 Å². The van der Waals surface area contributed by atoms with Crippen LogP contribution in [0.3, 0.4) is 0 Å². The Morgan fingerprint density at radius 3 is 1.28 bits per heavy atom. The van der Waals surface area contributed by atoms with Crippen molar-refractivity contribution in [2.75, 3.05) is 0 Å². The average molecular weight is 364 g/mol. The topological polar surface area (TPSA) is 54.0 Å². The van der Waals surface area contributed by atoms with Gasteiger partial charge in [0.15, 0.2) is 0 Å². The molecule has 0 saturated heterocycles. The Balaban J connectivity index is 0.00000157. The summed E-state index contributed by atoms with van der Waals surface area (Å²) in [6, 6.07) is 15.9. The van der Waals surface area contributed by atoms with Crippen LogP contribution in [0, 0.1) is 0 Å². The Hall–Kier alpha value is -2.88. The molecule has 3 aromatic heterocycles. The third kappa shape index (κ3) is 3.20. The smallest absolute Gasteiger partial charge is 0.658 e. The summed E-state index contributed by atoms with van der Waals surface area (Å²) in [5.41, 5.74) is 7.15. The monoisotopic (exact) mass is 364 g/mol. The van der Waals surface area contributed by atoms with Crippen LogP contribution in [0.5, 0.6) is 0 Å². The molecule has 2 aliphatic heterocycles. The predicted molar refractivity (Wildman–Crippen MR) is 96.8 cm³/mol. The summed E-state index contributed by atoms with van der Waals surface area (Å²) >= 11 is 0. The Morgan fingerprint density at radius 1 is 0.480 bits per heavy atom. The Kier molecular flexibility index (Phi) is 3.88. The van der Waals surface area contributed by atoms with Gasteiger partial charge in [0.2, 0.25) is 0 Å². The minimum Gasteiger partial charge on any atom is -0.658 e. The quantitative estimate of drug-likeness (QED) is 0.391. The predicted octanol–water partition coefficient (Wildman–Crippen LogP) is 3.91. The number of hydrogen-bond donors (Lipinski definition) is 0. The zero-order valence-corrected chi connectivity index (χ0v) is 14.2. The van der Waals surface area contributed by atoms with E-state index in [9.17, 15) is 0 Å². The largest absolute Gasteiger partial charge is 2.00 e. The van der Waals surface area contributed by atoms with Crippen LogP contribution in [-0.4, -0.2) is 9.97 Å². The molecule has 0 fully saturated rings. The van der Waals surface area contributed by atoms with Crippen molar-refractivity contribution >= 4 is 46.4 Å². The third-order valence-corrected chi connectivity index (χ3v) is 3.92. The van der Waals surface area contributed by atoms with Crippen LogP contribution >= 0.6 is 0 Å². The second-order valence-electron chi connectivity index (χ2n) is 5.76. The molecule has 2 aliphatic rings. The molecule has 0 N–H and O–H groups in total. The second kappa shape index (κ2) is 6.20. The second-order valence-corrected chi connectivity index (χ2v) is 5.76. The van der Waals surface area contributed by atoms with Gasteiger partial charge in [-0.3, -0.25) is 0 Å². The third-order valence-electron chi connectivity index (χ3n) is 3.92. The summed E-state index contributed by atoms with van der Waals surface area (Å²) in [6.07, 6.45) is 7.95. The van der Waals surface area contributed by atoms with Gasteiger partial charge in [-0.1, -0.05) is 42.5 Å². The normalized spacial score (nSPS) is 12.2. The molecule has 0 aliphatic carbocycles. The summed E-state index contributed by atoms with van der Waals surface area (Å²) < 4.78 is 0. The maximum absolute atomic E-state index is 4.59. The molecule has 0 saturated carbocycles. The van der Waals surface area contributed by atoms with E-state index in [0.29, 0.717) is 0 Å². The van der Waals surface area contributed by atoms with Gasteiger partial charge in [0.25, 0.3) is 0 Å². The van der Waals surface area contributed by atoms with E-state index in [2.05, 4.69) is 19.9 Å². The number of nitrogens with zero attached hydrogens (tertiary/aromatic N) is 4. The van der Waals surface area contributed by atoms with Gasteiger partial charge < -0.3 is 9.97 Å². The molecule has 0 aromatic carbocycles. The standard InChI is InChI=1S/C20H12N4.Fe/c1-2-14-10-16-5-6-18(23-16)12-20-8-7-19(24-20)11-17-4-3-15(22-17)9-13(1)21-14;/h1-12H;/q-2;+2. The molecule has 25 heavy (non-hydrogen) atoms. The van der Waals surface area contributed by atoms with Crippen LogP contribution in [0.25, 0.3) is 46.4 Å². The Labute approximate surface area is 154 Å². The summed E-state index contributed by atoms with van der Waals surface area (Å²) in [4.78, 5) is 18.4. The molecule has 0 radical (unpaired) electrons. The maximum Gasteiger partial charge on any atom is 2.00 e. The van der Waals surface area contributed by atoms with Crippen LogP contribution < -0.4 is 9.97 Å². The first kappa shape index (κ1) is 15.6. The van der Waals surface area contributed by atoms with E-state index < -0.39 is 0 Å². The fourth-order valence-corrected chi connectivity index (χ4v) is 2.83. The minimum absolute atomic E-state index is 0. The molecule has 5 rings (SSSR count). The van der Waals surface area contributed by atoms with Crippen molar-refractivity contribution in [1.82, 2.24) is 19.9 Å². The number of aromatic nitrogens is 4. The van der Waals surface area contributed by atoms with E-state index in [-0.39, 0.29) is 17.1 Å². The maximum atomic E-state index is 4.59. The molecular formula is C20H12FeN4. The van der Waals surface area contributed by atoms with Gasteiger partial charge in [0.1, 0.15) is 0 Å². The van der Waals surface area contributed by atoms with Crippen LogP contribution in [0.4, 0.5) is 0 Å². The first-order chi connectivity index (χ1) is 11.8. The van der Waals surface area contributed by atoms with Gasteiger partial charge in [-0.15, -0.1) is 22.1 Å². The van der Waals surface area contributed by atoms with E-state index in [0.717, 1.165) is 44.8 Å². The van der Waals surface area contributed by atoms with Gasteiger partial charge in [-0.05, 0) is 30.4 Å². The van der Waals surface area contributed by atoms with Gasteiger partial charge >= 0.3 is 17.1 Å². The van der Waals surface area contributed by atoms with Crippen LogP contribution in [0.2, 0.25) is 0 Å². The first-order valence-electron chi connectivity index (χ1n) is 7.74. The van der Waals surface area contributed by atoms with Crippen LogP contribution in [-0.2, 0) is 17.1 Å². The minimum atomic E-state index is 0.